The Hall–Kier alpha value is -3.90. The second-order valence-corrected chi connectivity index (χ2v) is 9.18. The molecule has 9 nitrogen and oxygen atoms in total. The van der Waals surface area contributed by atoms with Crippen LogP contribution in [0.4, 0.5) is 22.4 Å². The number of alkyl halides is 3. The highest BCUT2D eigenvalue weighted by molar-refractivity contribution is 5.97. The highest BCUT2D eigenvalue weighted by Gasteiger charge is 2.38. The van der Waals surface area contributed by atoms with Crippen LogP contribution in [0.1, 0.15) is 28.8 Å². The lowest BCUT2D eigenvalue weighted by Gasteiger charge is -2.22. The van der Waals surface area contributed by atoms with Crippen molar-refractivity contribution in [1.29, 1.82) is 0 Å². The number of carbonyl (C=O) groups is 2. The molecular weight excluding hydrogens is 498 g/mol. The Bertz CT molecular complexity index is 1300. The van der Waals surface area contributed by atoms with Crippen LogP contribution in [0.3, 0.4) is 0 Å². The van der Waals surface area contributed by atoms with Gasteiger partial charge in [-0.3, -0.25) is 4.79 Å². The minimum absolute atomic E-state index is 0.0625. The zero-order valence-corrected chi connectivity index (χ0v) is 19.5. The first-order valence-corrected chi connectivity index (χ1v) is 11.7. The van der Waals surface area contributed by atoms with Crippen molar-refractivity contribution in [2.45, 2.75) is 25.8 Å². The van der Waals surface area contributed by atoms with Crippen molar-refractivity contribution in [3.05, 3.63) is 53.3 Å². The van der Waals surface area contributed by atoms with Gasteiger partial charge in [0.2, 0.25) is 0 Å². The number of hydrogen-bond donors (Lipinski definition) is 1. The number of likely N-dealkylation sites (tertiary alicyclic amines) is 2. The summed E-state index contributed by atoms with van der Waals surface area (Å²) in [6.07, 6.45) is -4.18. The van der Waals surface area contributed by atoms with Gasteiger partial charge in [0.05, 0.1) is 0 Å². The monoisotopic (exact) mass is 521 g/mol. The van der Waals surface area contributed by atoms with Crippen LogP contribution in [0.5, 0.6) is 5.75 Å². The number of aromatic amines is 1. The second-order valence-electron chi connectivity index (χ2n) is 9.18. The number of carbonyl (C=O) groups excluding carboxylic acids is 2. The van der Waals surface area contributed by atoms with Crippen molar-refractivity contribution in [3.63, 3.8) is 0 Å². The molecule has 3 heterocycles. The molecule has 0 aliphatic carbocycles. The van der Waals surface area contributed by atoms with Gasteiger partial charge in [0.25, 0.3) is 5.91 Å². The number of nitrogens with zero attached hydrogens (tertiary/aromatic N) is 4. The van der Waals surface area contributed by atoms with Crippen molar-refractivity contribution in [1.82, 2.24) is 25.2 Å². The van der Waals surface area contributed by atoms with Gasteiger partial charge >= 0.3 is 12.5 Å². The number of rotatable bonds is 4. The van der Waals surface area contributed by atoms with Crippen molar-refractivity contribution in [2.24, 2.45) is 11.8 Å². The normalized spacial score (nSPS) is 20.0. The first kappa shape index (κ1) is 24.8. The summed E-state index contributed by atoms with van der Waals surface area (Å²) in [7, 11) is 0. The lowest BCUT2D eigenvalue weighted by atomic mass is 9.92. The molecule has 2 atom stereocenters. The lowest BCUT2D eigenvalue weighted by molar-refractivity contribution is -0.274. The van der Waals surface area contributed by atoms with E-state index in [9.17, 15) is 27.2 Å². The molecule has 2 aromatic carbocycles. The van der Waals surface area contributed by atoms with Gasteiger partial charge in [0, 0.05) is 43.4 Å². The number of benzene rings is 2. The SMILES string of the molecule is O=C(OCc1ccc(OC(F)(F)F)cc1F)N1CCC2CN(C(=O)c3ccc4n[nH]nc4c3)CC2CC1. The minimum atomic E-state index is -4.93. The number of halogens is 4. The smallest absolute Gasteiger partial charge is 0.444 e. The van der Waals surface area contributed by atoms with Gasteiger partial charge in [-0.15, -0.1) is 13.2 Å². The first-order chi connectivity index (χ1) is 17.7. The molecule has 1 N–H and O–H groups in total. The molecule has 0 spiro atoms. The van der Waals surface area contributed by atoms with E-state index in [1.807, 2.05) is 4.90 Å². The Morgan fingerprint density at radius 1 is 0.973 bits per heavy atom. The number of aromatic nitrogens is 3. The summed E-state index contributed by atoms with van der Waals surface area (Å²) in [4.78, 5) is 29.0. The third-order valence-corrected chi connectivity index (χ3v) is 6.83. The summed E-state index contributed by atoms with van der Waals surface area (Å²) < 4.78 is 59.9. The highest BCUT2D eigenvalue weighted by Crippen LogP contribution is 2.33. The van der Waals surface area contributed by atoms with Gasteiger partial charge in [-0.05, 0) is 55.0 Å². The van der Waals surface area contributed by atoms with Crippen LogP contribution in [0.2, 0.25) is 0 Å². The van der Waals surface area contributed by atoms with E-state index in [1.165, 1.54) is 0 Å². The van der Waals surface area contributed by atoms with Crippen LogP contribution in [-0.4, -0.2) is 69.8 Å². The Labute approximate surface area is 208 Å². The van der Waals surface area contributed by atoms with Crippen LogP contribution in [0.15, 0.2) is 36.4 Å². The number of ether oxygens (including phenoxy) is 2. The van der Waals surface area contributed by atoms with E-state index in [4.69, 9.17) is 4.74 Å². The maximum absolute atomic E-state index is 14.1. The van der Waals surface area contributed by atoms with E-state index >= 15 is 0 Å². The predicted octanol–water partition coefficient (Wildman–Crippen LogP) is 4.12. The third kappa shape index (κ3) is 5.59. The highest BCUT2D eigenvalue weighted by atomic mass is 19.4. The zero-order chi connectivity index (χ0) is 26.2. The summed E-state index contributed by atoms with van der Waals surface area (Å²) in [5.74, 6) is -1.26. The summed E-state index contributed by atoms with van der Waals surface area (Å²) in [6.45, 7) is 1.60. The van der Waals surface area contributed by atoms with E-state index in [-0.39, 0.29) is 23.3 Å². The zero-order valence-electron chi connectivity index (χ0n) is 19.5. The molecule has 5 rings (SSSR count). The molecule has 2 unspecified atom stereocenters. The van der Waals surface area contributed by atoms with Crippen LogP contribution in [-0.2, 0) is 11.3 Å². The first-order valence-electron chi connectivity index (χ1n) is 11.7. The van der Waals surface area contributed by atoms with Gasteiger partial charge < -0.3 is 19.3 Å². The quantitative estimate of drug-likeness (QED) is 0.519. The number of amides is 2. The second kappa shape index (κ2) is 9.87. The molecule has 196 valence electrons. The fourth-order valence-corrected chi connectivity index (χ4v) is 4.93. The fraction of sp³-hybridized carbons (Fsp3) is 0.417. The molecule has 2 saturated heterocycles. The van der Waals surface area contributed by atoms with Crippen molar-refractivity contribution in [3.8, 4) is 5.75 Å². The molecule has 2 amide bonds. The Kier molecular flexibility index (Phi) is 6.61. The molecular formula is C24H23F4N5O4. The lowest BCUT2D eigenvalue weighted by Crippen LogP contribution is -2.34. The third-order valence-electron chi connectivity index (χ3n) is 6.83. The molecule has 2 aliphatic rings. The molecule has 2 aliphatic heterocycles. The van der Waals surface area contributed by atoms with Gasteiger partial charge in [-0.2, -0.15) is 15.4 Å². The van der Waals surface area contributed by atoms with Crippen LogP contribution < -0.4 is 4.74 Å². The number of H-pyrrole nitrogens is 1. The van der Waals surface area contributed by atoms with Gasteiger partial charge in [0.1, 0.15) is 29.2 Å². The maximum Gasteiger partial charge on any atom is 0.573 e. The Balaban J connectivity index is 1.13. The van der Waals surface area contributed by atoms with E-state index < -0.39 is 30.6 Å². The van der Waals surface area contributed by atoms with Crippen LogP contribution >= 0.6 is 0 Å². The summed E-state index contributed by atoms with van der Waals surface area (Å²) in [5, 5.41) is 10.6. The number of hydrogen-bond acceptors (Lipinski definition) is 6. The average Bonchev–Trinajstić information content (AvgIpc) is 3.44. The molecule has 1 aromatic heterocycles. The Morgan fingerprint density at radius 2 is 1.68 bits per heavy atom. The number of nitrogens with one attached hydrogen (secondary N) is 1. The molecule has 0 bridgehead atoms. The van der Waals surface area contributed by atoms with Crippen molar-refractivity contribution < 1.29 is 36.6 Å². The molecule has 37 heavy (non-hydrogen) atoms. The van der Waals surface area contributed by atoms with E-state index in [1.54, 1.807) is 23.1 Å². The minimum Gasteiger partial charge on any atom is -0.444 e. The van der Waals surface area contributed by atoms with Crippen LogP contribution in [0, 0.1) is 17.7 Å². The summed E-state index contributed by atoms with van der Waals surface area (Å²) >= 11 is 0. The Morgan fingerprint density at radius 3 is 2.35 bits per heavy atom. The summed E-state index contributed by atoms with van der Waals surface area (Å²) in [6, 6.07) is 7.85. The molecule has 13 heteroatoms. The van der Waals surface area contributed by atoms with E-state index in [0.29, 0.717) is 61.7 Å². The largest absolute Gasteiger partial charge is 0.573 e. The summed E-state index contributed by atoms with van der Waals surface area (Å²) in [5.41, 5.74) is 1.80. The van der Waals surface area contributed by atoms with E-state index in [2.05, 4.69) is 20.1 Å². The molecule has 0 radical (unpaired) electrons. The average molecular weight is 521 g/mol. The fourth-order valence-electron chi connectivity index (χ4n) is 4.93. The van der Waals surface area contributed by atoms with Crippen molar-refractivity contribution in [2.75, 3.05) is 26.2 Å². The van der Waals surface area contributed by atoms with Gasteiger partial charge in [-0.1, -0.05) is 0 Å². The number of fused-ring (bicyclic) bond motifs is 2. The molecule has 3 aromatic rings. The van der Waals surface area contributed by atoms with Crippen LogP contribution in [0.25, 0.3) is 11.0 Å². The standard InChI is InChI=1S/C24H23F4N5O4/c25-19-10-18(37-24(26,27)28)3-1-17(19)13-36-23(35)32-7-5-15-11-33(12-16(15)6-8-32)22(34)14-2-4-20-21(9-14)30-31-29-20/h1-4,9-10,15-16H,5-8,11-13H2,(H,29,30,31). The topological polar surface area (TPSA) is 101 Å². The molecule has 2 fully saturated rings. The van der Waals surface area contributed by atoms with Gasteiger partial charge in [0.15, 0.2) is 0 Å². The van der Waals surface area contributed by atoms with Gasteiger partial charge in [-0.25, -0.2) is 9.18 Å². The predicted molar refractivity (Wildman–Crippen MR) is 121 cm³/mol. The maximum atomic E-state index is 14.1. The molecule has 0 saturated carbocycles. The van der Waals surface area contributed by atoms with E-state index in [0.717, 1.165) is 12.1 Å². The van der Waals surface area contributed by atoms with Crippen molar-refractivity contribution >= 4 is 23.0 Å².